The van der Waals surface area contributed by atoms with Crippen LogP contribution in [0.3, 0.4) is 0 Å². The SMILES string of the molecule is CCOC(=O)[C@@H]1[C@@H](C(=O)OCC)[C@H](O[C@@H]2[C@H]3CC[C@@](C)([C@@H]2OCC(C)(C)C)C3(C)C)C=C[C@@H]1O[C@@H]1[C@H]2CC[C@@](C)([C@@H]1OCC(C)(C)C)C2(C)C. The summed E-state index contributed by atoms with van der Waals surface area (Å²) in [4.78, 5) is 28.2. The topological polar surface area (TPSA) is 89.5 Å². The Balaban J connectivity index is 1.51. The molecule has 8 nitrogen and oxygen atoms in total. The fourth-order valence-electron chi connectivity index (χ4n) is 10.5. The first-order chi connectivity index (χ1) is 23.0. The Labute approximate surface area is 303 Å². The average molecular weight is 703 g/mol. The molecule has 0 heterocycles. The highest BCUT2D eigenvalue weighted by Crippen LogP contribution is 2.68. The molecule has 5 aliphatic rings. The zero-order chi connectivity index (χ0) is 37.2. The van der Waals surface area contributed by atoms with Gasteiger partial charge in [0, 0.05) is 10.8 Å². The normalized spacial score (nSPS) is 41.5. The van der Waals surface area contributed by atoms with Crippen LogP contribution in [-0.4, -0.2) is 75.0 Å². The molecule has 5 aliphatic carbocycles. The lowest BCUT2D eigenvalue weighted by molar-refractivity contribution is -0.195. The Bertz CT molecular complexity index is 1180. The first-order valence-electron chi connectivity index (χ1n) is 19.6. The summed E-state index contributed by atoms with van der Waals surface area (Å²) in [5.74, 6) is -2.29. The largest absolute Gasteiger partial charge is 0.466 e. The van der Waals surface area contributed by atoms with Crippen molar-refractivity contribution in [3.8, 4) is 0 Å². The van der Waals surface area contributed by atoms with Gasteiger partial charge in [0.2, 0.25) is 0 Å². The summed E-state index contributed by atoms with van der Waals surface area (Å²) in [6.07, 6.45) is 5.96. The fraction of sp³-hybridized carbons (Fsp3) is 0.905. The van der Waals surface area contributed by atoms with Crippen molar-refractivity contribution in [2.24, 2.45) is 56.2 Å². The summed E-state index contributed by atoms with van der Waals surface area (Å²) in [5, 5.41) is 0. The molecular formula is C42H70O8. The second kappa shape index (κ2) is 13.7. The minimum Gasteiger partial charge on any atom is -0.466 e. The number of carbonyl (C=O) groups excluding carboxylic acids is 2. The van der Waals surface area contributed by atoms with Crippen molar-refractivity contribution < 1.29 is 38.0 Å². The Morgan fingerprint density at radius 3 is 1.26 bits per heavy atom. The molecule has 12 atom stereocenters. The smallest absolute Gasteiger partial charge is 0.312 e. The van der Waals surface area contributed by atoms with Gasteiger partial charge in [-0.1, -0.05) is 95.2 Å². The van der Waals surface area contributed by atoms with E-state index in [9.17, 15) is 9.59 Å². The highest BCUT2D eigenvalue weighted by molar-refractivity contribution is 5.84. The van der Waals surface area contributed by atoms with E-state index in [1.165, 1.54) is 0 Å². The first kappa shape index (κ1) is 39.7. The zero-order valence-corrected chi connectivity index (χ0v) is 33.9. The van der Waals surface area contributed by atoms with Crippen LogP contribution >= 0.6 is 0 Å². The van der Waals surface area contributed by atoms with Gasteiger partial charge in [-0.05, 0) is 73.0 Å². The van der Waals surface area contributed by atoms with Gasteiger partial charge in [-0.2, -0.15) is 0 Å². The molecule has 8 heteroatoms. The van der Waals surface area contributed by atoms with Crippen LogP contribution in [0.2, 0.25) is 0 Å². The summed E-state index contributed by atoms with van der Waals surface area (Å²) in [6.45, 7) is 32.3. The van der Waals surface area contributed by atoms with Gasteiger partial charge in [-0.3, -0.25) is 9.59 Å². The van der Waals surface area contributed by atoms with Crippen molar-refractivity contribution in [3.63, 3.8) is 0 Å². The standard InChI is InChI=1S/C42H70O8/c1-15-45-35(43)29-27(49-31-25-19-21-41(13,39(25,9)10)33(31)47-23-37(3,4)5)17-18-28(30(29)36(44)46-16-2)50-32-26-20-22-42(14,40(26,11)12)34(32)48-24-38(6,7)8/h17-18,25-34H,15-16,19-24H2,1-14H3/t25-,26-,27-,28+,29+,30+,31-,32-,33-,34-,41+,42+/m1/s1. The third-order valence-electron chi connectivity index (χ3n) is 14.1. The van der Waals surface area contributed by atoms with Crippen LogP contribution in [0, 0.1) is 56.2 Å². The van der Waals surface area contributed by atoms with Gasteiger partial charge in [-0.25, -0.2) is 0 Å². The fourth-order valence-corrected chi connectivity index (χ4v) is 10.5. The molecule has 4 saturated carbocycles. The molecule has 0 radical (unpaired) electrons. The van der Waals surface area contributed by atoms with Crippen molar-refractivity contribution in [2.75, 3.05) is 26.4 Å². The predicted molar refractivity (Wildman–Crippen MR) is 194 cm³/mol. The zero-order valence-electron chi connectivity index (χ0n) is 33.9. The van der Waals surface area contributed by atoms with Gasteiger partial charge in [-0.15, -0.1) is 0 Å². The molecule has 5 rings (SSSR count). The second-order valence-corrected chi connectivity index (χ2v) is 20.2. The molecule has 4 bridgehead atoms. The number of esters is 2. The third kappa shape index (κ3) is 6.75. The first-order valence-corrected chi connectivity index (χ1v) is 19.6. The number of ether oxygens (including phenoxy) is 6. The maximum Gasteiger partial charge on any atom is 0.312 e. The van der Waals surface area contributed by atoms with Gasteiger partial charge >= 0.3 is 11.9 Å². The Kier molecular flexibility index (Phi) is 10.9. The van der Waals surface area contributed by atoms with E-state index in [1.807, 2.05) is 12.2 Å². The molecule has 0 saturated heterocycles. The van der Waals surface area contributed by atoms with Gasteiger partial charge in [0.25, 0.3) is 0 Å². The Morgan fingerprint density at radius 1 is 0.620 bits per heavy atom. The Hall–Kier alpha value is -1.48. The molecule has 0 amide bonds. The lowest BCUT2D eigenvalue weighted by Crippen LogP contribution is -2.54. The van der Waals surface area contributed by atoms with E-state index >= 15 is 0 Å². The molecule has 0 unspecified atom stereocenters. The molecule has 0 aromatic rings. The maximum absolute atomic E-state index is 14.1. The van der Waals surface area contributed by atoms with Crippen LogP contribution in [-0.2, 0) is 38.0 Å². The van der Waals surface area contributed by atoms with Gasteiger partial charge in [0.15, 0.2) is 0 Å². The highest BCUT2D eigenvalue weighted by Gasteiger charge is 2.70. The minimum absolute atomic E-state index is 0.00949. The van der Waals surface area contributed by atoms with E-state index in [0.29, 0.717) is 13.2 Å². The predicted octanol–water partition coefficient (Wildman–Crippen LogP) is 8.20. The average Bonchev–Trinajstić information content (AvgIpc) is 3.49. The third-order valence-corrected chi connectivity index (χ3v) is 14.1. The van der Waals surface area contributed by atoms with E-state index in [0.717, 1.165) is 25.7 Å². The van der Waals surface area contributed by atoms with Crippen molar-refractivity contribution in [1.82, 2.24) is 0 Å². The lowest BCUT2D eigenvalue weighted by Gasteiger charge is -2.44. The van der Waals surface area contributed by atoms with Crippen LogP contribution in [0.15, 0.2) is 12.2 Å². The van der Waals surface area contributed by atoms with Crippen LogP contribution in [0.25, 0.3) is 0 Å². The van der Waals surface area contributed by atoms with E-state index in [1.54, 1.807) is 13.8 Å². The number of hydrogen-bond acceptors (Lipinski definition) is 8. The van der Waals surface area contributed by atoms with Crippen LogP contribution in [0.1, 0.15) is 123 Å². The maximum atomic E-state index is 14.1. The molecule has 0 spiro atoms. The molecule has 4 fully saturated rings. The minimum atomic E-state index is -0.932. The van der Waals surface area contributed by atoms with Crippen LogP contribution in [0.5, 0.6) is 0 Å². The summed E-state index contributed by atoms with van der Waals surface area (Å²) in [7, 11) is 0. The molecular weight excluding hydrogens is 632 g/mol. The monoisotopic (exact) mass is 703 g/mol. The van der Waals surface area contributed by atoms with Crippen molar-refractivity contribution in [3.05, 3.63) is 12.2 Å². The van der Waals surface area contributed by atoms with Crippen molar-refractivity contribution in [1.29, 1.82) is 0 Å². The Morgan fingerprint density at radius 2 is 0.960 bits per heavy atom. The van der Waals surface area contributed by atoms with E-state index in [4.69, 9.17) is 28.4 Å². The number of hydrogen-bond donors (Lipinski definition) is 0. The van der Waals surface area contributed by atoms with Gasteiger partial charge in [0.1, 0.15) is 11.8 Å². The van der Waals surface area contributed by atoms with Crippen molar-refractivity contribution >= 4 is 11.9 Å². The summed E-state index contributed by atoms with van der Waals surface area (Å²) < 4.78 is 39.2. The summed E-state index contributed by atoms with van der Waals surface area (Å²) >= 11 is 0. The van der Waals surface area contributed by atoms with E-state index in [2.05, 4.69) is 83.1 Å². The van der Waals surface area contributed by atoms with Crippen LogP contribution in [0.4, 0.5) is 0 Å². The summed E-state index contributed by atoms with van der Waals surface area (Å²) in [5.41, 5.74) is -0.211. The second-order valence-electron chi connectivity index (χ2n) is 20.2. The van der Waals surface area contributed by atoms with Crippen molar-refractivity contribution in [2.45, 2.75) is 159 Å². The molecule has 0 aliphatic heterocycles. The lowest BCUT2D eigenvalue weighted by atomic mass is 9.70. The van der Waals surface area contributed by atoms with Crippen LogP contribution < -0.4 is 0 Å². The van der Waals surface area contributed by atoms with E-state index < -0.39 is 36.0 Å². The molecule has 0 aromatic carbocycles. The number of rotatable bonds is 12. The summed E-state index contributed by atoms with van der Waals surface area (Å²) in [6, 6.07) is 0. The molecule has 50 heavy (non-hydrogen) atoms. The van der Waals surface area contributed by atoms with Gasteiger partial charge < -0.3 is 28.4 Å². The molecule has 0 N–H and O–H groups in total. The quantitative estimate of drug-likeness (QED) is 0.149. The molecule has 0 aromatic heterocycles. The highest BCUT2D eigenvalue weighted by atomic mass is 16.6. The van der Waals surface area contributed by atoms with Gasteiger partial charge in [0.05, 0.1) is 63.1 Å². The van der Waals surface area contributed by atoms with E-state index in [-0.39, 0.29) is 82.0 Å². The number of carbonyl (C=O) groups is 2. The number of fused-ring (bicyclic) bond motifs is 4. The molecule has 286 valence electrons.